The normalized spacial score (nSPS) is 15.8. The molecule has 14 heteroatoms. The molecular formula is C22H31N3O11. The molecule has 0 aromatic carbocycles. The number of rotatable bonds is 19. The van der Waals surface area contributed by atoms with E-state index < -0.39 is 30.3 Å². The van der Waals surface area contributed by atoms with Crippen molar-refractivity contribution < 1.29 is 52.9 Å². The van der Waals surface area contributed by atoms with Crippen molar-refractivity contribution >= 4 is 29.5 Å². The molecular weight excluding hydrogens is 482 g/mol. The predicted octanol–water partition coefficient (Wildman–Crippen LogP) is -0.688. The molecule has 0 atom stereocenters. The van der Waals surface area contributed by atoms with E-state index in [2.05, 4.69) is 10.2 Å². The third kappa shape index (κ3) is 10.8. The second-order valence-electron chi connectivity index (χ2n) is 7.50. The van der Waals surface area contributed by atoms with E-state index in [4.69, 9.17) is 18.9 Å². The van der Waals surface area contributed by atoms with Gasteiger partial charge in [-0.25, -0.2) is 0 Å². The molecule has 0 aromatic heterocycles. The van der Waals surface area contributed by atoms with Crippen LogP contribution in [0.3, 0.4) is 0 Å². The van der Waals surface area contributed by atoms with Crippen LogP contribution in [0.2, 0.25) is 0 Å². The molecule has 2 aliphatic heterocycles. The van der Waals surface area contributed by atoms with Crippen LogP contribution in [0.15, 0.2) is 24.4 Å². The molecule has 5 amide bonds. The molecule has 0 aromatic rings. The summed E-state index contributed by atoms with van der Waals surface area (Å²) in [6, 6.07) is 0. The molecule has 0 unspecified atom stereocenters. The number of imide groups is 2. The van der Waals surface area contributed by atoms with Gasteiger partial charge in [-0.3, -0.25) is 28.9 Å². The van der Waals surface area contributed by atoms with Crippen LogP contribution in [0.5, 0.6) is 0 Å². The van der Waals surface area contributed by atoms with Gasteiger partial charge in [0.05, 0.1) is 26.4 Å². The molecule has 0 spiro atoms. The minimum Gasteiger partial charge on any atom is -0.484 e. The maximum Gasteiger partial charge on any atom is 0.340 e. The van der Waals surface area contributed by atoms with Crippen LogP contribution in [0.1, 0.15) is 25.7 Å². The fourth-order valence-corrected chi connectivity index (χ4v) is 2.93. The van der Waals surface area contributed by atoms with Gasteiger partial charge >= 0.3 is 5.95 Å². The number of nitrogens with zero attached hydrogens (tertiary/aromatic N) is 2. The van der Waals surface area contributed by atoms with Crippen LogP contribution in [0.25, 0.3) is 0 Å². The van der Waals surface area contributed by atoms with Gasteiger partial charge in [-0.05, 0) is 12.8 Å². The Morgan fingerprint density at radius 1 is 0.889 bits per heavy atom. The van der Waals surface area contributed by atoms with Crippen LogP contribution in [-0.4, -0.2) is 104 Å². The monoisotopic (exact) mass is 513 g/mol. The second kappa shape index (κ2) is 16.2. The zero-order valence-corrected chi connectivity index (χ0v) is 19.8. The Bertz CT molecular complexity index is 809. The van der Waals surface area contributed by atoms with Crippen molar-refractivity contribution in [2.75, 3.05) is 59.3 Å². The van der Waals surface area contributed by atoms with Gasteiger partial charge in [0.1, 0.15) is 0 Å². The lowest BCUT2D eigenvalue weighted by Crippen LogP contribution is -2.31. The predicted molar refractivity (Wildman–Crippen MR) is 119 cm³/mol. The SMILES string of the molecule is O=C(COC=C(O)ON1C(=O)CCC1=O)NCCCOCCOCCOCCCN1C(=O)C=CC1=O. The van der Waals surface area contributed by atoms with Crippen molar-refractivity contribution in [3.8, 4) is 0 Å². The third-order valence-electron chi connectivity index (χ3n) is 4.69. The van der Waals surface area contributed by atoms with Gasteiger partial charge in [0.2, 0.25) is 0 Å². The Labute approximate surface area is 207 Å². The van der Waals surface area contributed by atoms with Crippen molar-refractivity contribution in [2.45, 2.75) is 25.7 Å². The summed E-state index contributed by atoms with van der Waals surface area (Å²) in [5.74, 6) is -3.00. The van der Waals surface area contributed by atoms with E-state index in [0.29, 0.717) is 70.6 Å². The highest BCUT2D eigenvalue weighted by Crippen LogP contribution is 2.14. The lowest BCUT2D eigenvalue weighted by atomic mass is 10.4. The smallest absolute Gasteiger partial charge is 0.340 e. The zero-order valence-electron chi connectivity index (χ0n) is 19.8. The van der Waals surface area contributed by atoms with Crippen LogP contribution in [-0.2, 0) is 47.8 Å². The number of hydrogen-bond acceptors (Lipinski definition) is 11. The average molecular weight is 514 g/mol. The summed E-state index contributed by atoms with van der Waals surface area (Å²) >= 11 is 0. The molecule has 36 heavy (non-hydrogen) atoms. The maximum atomic E-state index is 11.7. The number of hydrogen-bond donors (Lipinski definition) is 2. The van der Waals surface area contributed by atoms with Gasteiger partial charge in [-0.2, -0.15) is 0 Å². The number of hydroxylamine groups is 2. The quantitative estimate of drug-likeness (QED) is 0.127. The van der Waals surface area contributed by atoms with E-state index in [1.165, 1.54) is 17.1 Å². The zero-order chi connectivity index (χ0) is 26.2. The summed E-state index contributed by atoms with van der Waals surface area (Å²) in [7, 11) is 0. The van der Waals surface area contributed by atoms with Crippen molar-refractivity contribution in [2.24, 2.45) is 0 Å². The van der Waals surface area contributed by atoms with Crippen molar-refractivity contribution in [3.63, 3.8) is 0 Å². The molecule has 1 saturated heterocycles. The Balaban J connectivity index is 1.33. The number of ether oxygens (including phenoxy) is 4. The molecule has 2 heterocycles. The number of nitrogens with one attached hydrogen (secondary N) is 1. The van der Waals surface area contributed by atoms with Gasteiger partial charge < -0.3 is 34.2 Å². The molecule has 14 nitrogen and oxygen atoms in total. The van der Waals surface area contributed by atoms with Crippen molar-refractivity contribution in [1.29, 1.82) is 0 Å². The first-order chi connectivity index (χ1) is 17.4. The molecule has 0 aliphatic carbocycles. The van der Waals surface area contributed by atoms with Crippen molar-refractivity contribution in [3.05, 3.63) is 24.4 Å². The van der Waals surface area contributed by atoms with Gasteiger partial charge in [-0.1, -0.05) is 0 Å². The third-order valence-corrected chi connectivity index (χ3v) is 4.69. The summed E-state index contributed by atoms with van der Waals surface area (Å²) < 4.78 is 21.0. The average Bonchev–Trinajstić information content (AvgIpc) is 3.34. The van der Waals surface area contributed by atoms with E-state index in [1.807, 2.05) is 0 Å². The van der Waals surface area contributed by atoms with Gasteiger partial charge in [0.25, 0.3) is 29.5 Å². The molecule has 1 fully saturated rings. The summed E-state index contributed by atoms with van der Waals surface area (Å²) in [4.78, 5) is 62.9. The van der Waals surface area contributed by atoms with Crippen LogP contribution in [0, 0.1) is 0 Å². The lowest BCUT2D eigenvalue weighted by Gasteiger charge is -2.13. The van der Waals surface area contributed by atoms with E-state index in [0.717, 1.165) is 6.26 Å². The van der Waals surface area contributed by atoms with Gasteiger partial charge in [0, 0.05) is 51.3 Å². The van der Waals surface area contributed by atoms with Crippen LogP contribution < -0.4 is 5.32 Å². The number of amides is 5. The fourth-order valence-electron chi connectivity index (χ4n) is 2.93. The van der Waals surface area contributed by atoms with E-state index in [-0.39, 0.29) is 24.7 Å². The highest BCUT2D eigenvalue weighted by Gasteiger charge is 2.32. The number of carbonyl (C=O) groups is 5. The first kappa shape index (κ1) is 28.7. The Kier molecular flexibility index (Phi) is 13.0. The van der Waals surface area contributed by atoms with E-state index in [1.54, 1.807) is 0 Å². The maximum absolute atomic E-state index is 11.7. The highest BCUT2D eigenvalue weighted by molar-refractivity contribution is 6.12. The first-order valence-corrected chi connectivity index (χ1v) is 11.5. The topological polar surface area (TPSA) is 170 Å². The minimum absolute atomic E-state index is 0.00969. The molecule has 0 radical (unpaired) electrons. The molecule has 2 rings (SSSR count). The van der Waals surface area contributed by atoms with Crippen LogP contribution in [0.4, 0.5) is 0 Å². The van der Waals surface area contributed by atoms with Gasteiger partial charge in [-0.15, -0.1) is 5.06 Å². The fraction of sp³-hybridized carbons (Fsp3) is 0.591. The number of carbonyl (C=O) groups excluding carboxylic acids is 5. The summed E-state index contributed by atoms with van der Waals surface area (Å²) in [5, 5.41) is 12.5. The molecule has 200 valence electrons. The second-order valence-corrected chi connectivity index (χ2v) is 7.50. The summed E-state index contributed by atoms with van der Waals surface area (Å²) in [6.45, 7) is 2.67. The van der Waals surface area contributed by atoms with E-state index >= 15 is 0 Å². The standard InChI is InChI=1S/C22H31N3O11/c26-17(15-35-16-22(31)36-25-20(29)5-6-21(25)30)23-7-1-9-32-11-13-34-14-12-33-10-2-8-24-18(27)3-4-19(24)28/h3-4,16,31H,1-2,5-15H2,(H,23,26). The summed E-state index contributed by atoms with van der Waals surface area (Å²) in [6.07, 6.45) is 4.37. The van der Waals surface area contributed by atoms with Crippen molar-refractivity contribution in [1.82, 2.24) is 15.3 Å². The molecule has 0 saturated carbocycles. The van der Waals surface area contributed by atoms with Crippen LogP contribution >= 0.6 is 0 Å². The number of aliphatic hydroxyl groups excluding tert-OH is 1. The minimum atomic E-state index is -0.820. The van der Waals surface area contributed by atoms with E-state index in [9.17, 15) is 29.1 Å². The first-order valence-electron chi connectivity index (χ1n) is 11.5. The molecule has 2 aliphatic rings. The Hall–Kier alpha value is -3.49. The highest BCUT2D eigenvalue weighted by atomic mass is 16.8. The lowest BCUT2D eigenvalue weighted by molar-refractivity contribution is -0.187. The molecule has 0 bridgehead atoms. The molecule has 2 N–H and O–H groups in total. The summed E-state index contributed by atoms with van der Waals surface area (Å²) in [5.41, 5.74) is 0. The van der Waals surface area contributed by atoms with Gasteiger partial charge in [0.15, 0.2) is 12.9 Å². The largest absolute Gasteiger partial charge is 0.484 e. The Morgan fingerprint density at radius 2 is 1.44 bits per heavy atom. The Morgan fingerprint density at radius 3 is 2.06 bits per heavy atom. The number of aliphatic hydroxyl groups is 1.